The number of hydrogen-bond donors (Lipinski definition) is 0. The van der Waals surface area contributed by atoms with E-state index in [4.69, 9.17) is 0 Å². The first-order valence-corrected chi connectivity index (χ1v) is 18.0. The fraction of sp³-hybridized carbons (Fsp3) is 0.571. The lowest BCUT2D eigenvalue weighted by Gasteiger charge is -2.54. The molecule has 1 atom stereocenters. The number of anilines is 1. The van der Waals surface area contributed by atoms with Crippen LogP contribution in [0.4, 0.5) is 5.69 Å². The number of likely N-dealkylation sites (tertiary alicyclic amines) is 1. The Morgan fingerprint density at radius 3 is 2.26 bits per heavy atom. The van der Waals surface area contributed by atoms with Gasteiger partial charge in [0, 0.05) is 63.0 Å². The molecule has 3 aromatic rings. The first-order valence-electron chi connectivity index (χ1n) is 16.5. The summed E-state index contributed by atoms with van der Waals surface area (Å²) in [5, 5.41) is 4.02. The highest BCUT2D eigenvalue weighted by atomic mass is 32.2. The lowest BCUT2D eigenvalue weighted by atomic mass is 9.57. The predicted molar refractivity (Wildman–Crippen MR) is 171 cm³/mol. The van der Waals surface area contributed by atoms with Crippen molar-refractivity contribution in [1.82, 2.24) is 19.6 Å². The van der Waals surface area contributed by atoms with Crippen LogP contribution in [-0.2, 0) is 28.8 Å². The molecule has 1 aromatic heterocycles. The van der Waals surface area contributed by atoms with Gasteiger partial charge in [0.1, 0.15) is 4.90 Å². The molecular formula is C35H47N5O2S. The maximum atomic E-state index is 12.9. The molecule has 1 saturated carbocycles. The highest BCUT2D eigenvalue weighted by Gasteiger charge is 2.51. The standard InChI is InChI=1S/C35H47N5O2S/c1-3-38-24-28-8-4-7-11-34(28)35(26-38,29-9-5-6-10-29)30-16-18-39(19-17-30)21-27-22-40(23-27)31-12-14-32(15-13-31)43(41,42)33-20-36-37(2)25-33/h4,7-8,11-15,20,25,27,29-30H,3,5-6,9-10,16-19,21-24,26H2,1-2H3. The SMILES string of the molecule is CCN1Cc2ccccc2C(C2CCCC2)(C2CCN(CC3CN(c4ccc(S(=O)(=O)c5cnn(C)c5)cc4)C3)CC2)C1. The number of likely N-dealkylation sites (N-methyl/N-ethyl adjacent to an activating group) is 1. The predicted octanol–water partition coefficient (Wildman–Crippen LogP) is 5.36. The summed E-state index contributed by atoms with van der Waals surface area (Å²) < 4.78 is 27.4. The molecule has 2 saturated heterocycles. The monoisotopic (exact) mass is 601 g/mol. The third-order valence-corrected chi connectivity index (χ3v) is 12.9. The Kier molecular flexibility index (Phi) is 7.89. The summed E-state index contributed by atoms with van der Waals surface area (Å²) in [6, 6.07) is 16.8. The zero-order valence-electron chi connectivity index (χ0n) is 25.9. The Balaban J connectivity index is 0.970. The molecule has 1 unspecified atom stereocenters. The minimum Gasteiger partial charge on any atom is -0.371 e. The second-order valence-electron chi connectivity index (χ2n) is 13.7. The second-order valence-corrected chi connectivity index (χ2v) is 15.6. The van der Waals surface area contributed by atoms with Gasteiger partial charge in [0.05, 0.1) is 11.1 Å². The fourth-order valence-electron chi connectivity index (χ4n) is 8.96. The van der Waals surface area contributed by atoms with Gasteiger partial charge in [-0.25, -0.2) is 8.42 Å². The quantitative estimate of drug-likeness (QED) is 0.346. The van der Waals surface area contributed by atoms with Gasteiger partial charge in [-0.2, -0.15) is 5.10 Å². The van der Waals surface area contributed by atoms with E-state index in [1.807, 2.05) is 12.1 Å². The molecule has 0 bridgehead atoms. The van der Waals surface area contributed by atoms with Crippen LogP contribution in [0.5, 0.6) is 0 Å². The number of piperidine rings is 1. The summed E-state index contributed by atoms with van der Waals surface area (Å²) in [6.07, 6.45) is 11.2. The van der Waals surface area contributed by atoms with E-state index >= 15 is 0 Å². The van der Waals surface area contributed by atoms with Gasteiger partial charge >= 0.3 is 0 Å². The van der Waals surface area contributed by atoms with E-state index < -0.39 is 9.84 Å². The van der Waals surface area contributed by atoms with E-state index in [9.17, 15) is 8.42 Å². The second kappa shape index (κ2) is 11.7. The van der Waals surface area contributed by atoms with Crippen LogP contribution >= 0.6 is 0 Å². The normalized spacial score (nSPS) is 24.7. The third kappa shape index (κ3) is 5.33. The summed E-state index contributed by atoms with van der Waals surface area (Å²) in [7, 11) is -1.80. The van der Waals surface area contributed by atoms with Gasteiger partial charge in [-0.15, -0.1) is 0 Å². The topological polar surface area (TPSA) is 61.7 Å². The minimum atomic E-state index is -3.53. The zero-order valence-corrected chi connectivity index (χ0v) is 26.7. The van der Waals surface area contributed by atoms with Crippen molar-refractivity contribution in [3.63, 3.8) is 0 Å². The minimum absolute atomic E-state index is 0.236. The molecule has 0 radical (unpaired) electrons. The van der Waals surface area contributed by atoms with Crippen molar-refractivity contribution in [2.24, 2.45) is 24.8 Å². The van der Waals surface area contributed by atoms with Crippen LogP contribution in [0.15, 0.2) is 70.7 Å². The Morgan fingerprint density at radius 1 is 0.884 bits per heavy atom. The van der Waals surface area contributed by atoms with Crippen molar-refractivity contribution in [2.45, 2.75) is 67.2 Å². The Hall–Kier alpha value is -2.68. The van der Waals surface area contributed by atoms with Crippen molar-refractivity contribution in [3.8, 4) is 0 Å². The third-order valence-electron chi connectivity index (χ3n) is 11.2. The Morgan fingerprint density at radius 2 is 1.58 bits per heavy atom. The van der Waals surface area contributed by atoms with Gasteiger partial charge < -0.3 is 9.80 Å². The number of nitrogens with zero attached hydrogens (tertiary/aromatic N) is 5. The van der Waals surface area contributed by atoms with E-state index in [-0.39, 0.29) is 4.90 Å². The summed E-state index contributed by atoms with van der Waals surface area (Å²) in [4.78, 5) is 8.40. The van der Waals surface area contributed by atoms with Gasteiger partial charge in [0.2, 0.25) is 9.84 Å². The first-order chi connectivity index (χ1) is 20.9. The van der Waals surface area contributed by atoms with Crippen LogP contribution in [0, 0.1) is 17.8 Å². The van der Waals surface area contributed by atoms with Crippen molar-refractivity contribution in [1.29, 1.82) is 0 Å². The molecule has 7 rings (SSSR count). The molecular weight excluding hydrogens is 554 g/mol. The van der Waals surface area contributed by atoms with E-state index in [1.54, 1.807) is 36.5 Å². The number of sulfone groups is 1. The van der Waals surface area contributed by atoms with Crippen molar-refractivity contribution in [2.75, 3.05) is 50.7 Å². The van der Waals surface area contributed by atoms with E-state index in [0.29, 0.717) is 16.2 Å². The number of fused-ring (bicyclic) bond motifs is 1. The number of aromatic nitrogens is 2. The van der Waals surface area contributed by atoms with Gasteiger partial charge in [-0.05, 0) is 92.5 Å². The summed E-state index contributed by atoms with van der Waals surface area (Å²) in [5.41, 5.74) is 4.70. The van der Waals surface area contributed by atoms with E-state index in [0.717, 1.165) is 43.7 Å². The van der Waals surface area contributed by atoms with Gasteiger partial charge in [-0.1, -0.05) is 44.0 Å². The van der Waals surface area contributed by atoms with Gasteiger partial charge in [-0.3, -0.25) is 9.58 Å². The largest absolute Gasteiger partial charge is 0.371 e. The summed E-state index contributed by atoms with van der Waals surface area (Å²) >= 11 is 0. The lowest BCUT2D eigenvalue weighted by molar-refractivity contribution is 0.0359. The summed E-state index contributed by atoms with van der Waals surface area (Å²) in [6.45, 7) is 11.5. The number of aryl methyl sites for hydroxylation is 1. The highest BCUT2D eigenvalue weighted by molar-refractivity contribution is 7.91. The Labute approximate surface area is 257 Å². The molecule has 4 heterocycles. The van der Waals surface area contributed by atoms with Crippen molar-refractivity contribution in [3.05, 3.63) is 72.1 Å². The van der Waals surface area contributed by atoms with E-state index in [2.05, 4.69) is 51.0 Å². The smallest absolute Gasteiger partial charge is 0.209 e. The van der Waals surface area contributed by atoms with Gasteiger partial charge in [0.25, 0.3) is 0 Å². The molecule has 4 aliphatic rings. The molecule has 0 spiro atoms. The fourth-order valence-corrected chi connectivity index (χ4v) is 10.2. The molecule has 8 heteroatoms. The van der Waals surface area contributed by atoms with E-state index in [1.165, 1.54) is 75.6 Å². The van der Waals surface area contributed by atoms with Crippen molar-refractivity contribution >= 4 is 15.5 Å². The van der Waals surface area contributed by atoms with Crippen LogP contribution in [0.3, 0.4) is 0 Å². The molecule has 3 fully saturated rings. The lowest BCUT2D eigenvalue weighted by Crippen LogP contribution is -2.57. The number of benzene rings is 2. The highest BCUT2D eigenvalue weighted by Crippen LogP contribution is 2.53. The molecule has 0 N–H and O–H groups in total. The van der Waals surface area contributed by atoms with Crippen molar-refractivity contribution < 1.29 is 8.42 Å². The van der Waals surface area contributed by atoms with Crippen LogP contribution < -0.4 is 4.90 Å². The molecule has 2 aromatic carbocycles. The molecule has 1 aliphatic carbocycles. The number of hydrogen-bond acceptors (Lipinski definition) is 6. The van der Waals surface area contributed by atoms with Gasteiger partial charge in [0.15, 0.2) is 0 Å². The maximum Gasteiger partial charge on any atom is 0.209 e. The van der Waals surface area contributed by atoms with Crippen LogP contribution in [-0.4, -0.2) is 73.8 Å². The zero-order chi connectivity index (χ0) is 29.6. The van der Waals surface area contributed by atoms with Crippen LogP contribution in [0.25, 0.3) is 0 Å². The molecule has 7 nitrogen and oxygen atoms in total. The van der Waals surface area contributed by atoms with Crippen LogP contribution in [0.1, 0.15) is 56.6 Å². The molecule has 43 heavy (non-hydrogen) atoms. The number of rotatable bonds is 8. The van der Waals surface area contributed by atoms with Crippen LogP contribution in [0.2, 0.25) is 0 Å². The maximum absolute atomic E-state index is 12.9. The average molecular weight is 602 g/mol. The molecule has 3 aliphatic heterocycles. The Bertz CT molecular complexity index is 1520. The molecule has 0 amide bonds. The first kappa shape index (κ1) is 29.1. The average Bonchev–Trinajstić information content (AvgIpc) is 3.72. The molecule has 230 valence electrons. The summed E-state index contributed by atoms with van der Waals surface area (Å²) in [5.74, 6) is 2.26.